The van der Waals surface area contributed by atoms with E-state index in [1.165, 1.54) is 4.90 Å². The van der Waals surface area contributed by atoms with Crippen molar-refractivity contribution in [2.75, 3.05) is 10.6 Å². The van der Waals surface area contributed by atoms with Crippen molar-refractivity contribution in [3.63, 3.8) is 0 Å². The van der Waals surface area contributed by atoms with Crippen LogP contribution < -0.4 is 10.6 Å². The number of amides is 2. The Morgan fingerprint density at radius 1 is 1.17 bits per heavy atom. The van der Waals surface area contributed by atoms with Crippen molar-refractivity contribution in [2.24, 2.45) is 17.3 Å². The number of anilines is 2. The predicted octanol–water partition coefficient (Wildman–Crippen LogP) is 1.72. The molecule has 1 aromatic carbocycles. The number of aryl methyl sites for hydroxylation is 1. The fourth-order valence-electron chi connectivity index (χ4n) is 3.00. The number of nitrogens with zero attached hydrogens (tertiary/aromatic N) is 1. The first-order chi connectivity index (χ1) is 8.35. The average Bonchev–Trinajstić information content (AvgIpc) is 2.74. The summed E-state index contributed by atoms with van der Waals surface area (Å²) in [6, 6.07) is 5.26. The van der Waals surface area contributed by atoms with Crippen molar-refractivity contribution in [1.82, 2.24) is 0 Å². The van der Waals surface area contributed by atoms with E-state index in [-0.39, 0.29) is 29.1 Å². The first-order valence-electron chi connectivity index (χ1n) is 6.09. The number of rotatable bonds is 1. The van der Waals surface area contributed by atoms with E-state index in [4.69, 9.17) is 5.73 Å². The third-order valence-corrected chi connectivity index (χ3v) is 4.31. The van der Waals surface area contributed by atoms with Gasteiger partial charge in [-0.1, -0.05) is 13.8 Å². The van der Waals surface area contributed by atoms with Crippen LogP contribution in [0.15, 0.2) is 18.2 Å². The van der Waals surface area contributed by atoms with Gasteiger partial charge < -0.3 is 5.73 Å². The molecule has 2 fully saturated rings. The van der Waals surface area contributed by atoms with Crippen molar-refractivity contribution >= 4 is 23.2 Å². The van der Waals surface area contributed by atoms with Crippen LogP contribution in [0.3, 0.4) is 0 Å². The van der Waals surface area contributed by atoms with Gasteiger partial charge in [0, 0.05) is 5.69 Å². The second-order valence-corrected chi connectivity index (χ2v) is 5.83. The molecule has 1 saturated heterocycles. The van der Waals surface area contributed by atoms with Gasteiger partial charge in [0.1, 0.15) is 0 Å². The van der Waals surface area contributed by atoms with E-state index in [0.717, 1.165) is 5.56 Å². The van der Waals surface area contributed by atoms with Crippen LogP contribution in [0.2, 0.25) is 0 Å². The van der Waals surface area contributed by atoms with Crippen molar-refractivity contribution in [3.8, 4) is 0 Å². The molecule has 2 atom stereocenters. The molecule has 1 saturated carbocycles. The lowest BCUT2D eigenvalue weighted by Crippen LogP contribution is -2.36. The zero-order chi connectivity index (χ0) is 13.2. The standard InChI is InChI=1S/C14H16N2O2/c1-7-6-8(4-5-9(7)15)16-12(17)10-11(13(16)18)14(10,2)3/h4-6,10-11H,15H2,1-3H3. The van der Waals surface area contributed by atoms with Gasteiger partial charge in [0.25, 0.3) is 0 Å². The topological polar surface area (TPSA) is 63.4 Å². The Hall–Kier alpha value is -1.84. The Bertz CT molecular complexity index is 553. The number of hydrogen-bond acceptors (Lipinski definition) is 3. The average molecular weight is 244 g/mol. The maximum absolute atomic E-state index is 12.2. The summed E-state index contributed by atoms with van der Waals surface area (Å²) in [5, 5.41) is 0. The van der Waals surface area contributed by atoms with E-state index in [9.17, 15) is 9.59 Å². The van der Waals surface area contributed by atoms with Crippen LogP contribution >= 0.6 is 0 Å². The number of nitrogen functional groups attached to an aromatic ring is 1. The molecule has 1 aliphatic heterocycles. The largest absolute Gasteiger partial charge is 0.399 e. The molecular weight excluding hydrogens is 228 g/mol. The molecule has 1 aliphatic carbocycles. The van der Waals surface area contributed by atoms with Crippen LogP contribution in [-0.4, -0.2) is 11.8 Å². The Labute approximate surface area is 106 Å². The van der Waals surface area contributed by atoms with Gasteiger partial charge in [0.05, 0.1) is 17.5 Å². The molecule has 18 heavy (non-hydrogen) atoms. The molecule has 0 aromatic heterocycles. The Balaban J connectivity index is 1.98. The maximum atomic E-state index is 12.2. The lowest BCUT2D eigenvalue weighted by atomic mass is 10.0. The number of imide groups is 1. The molecule has 0 spiro atoms. The Morgan fingerprint density at radius 2 is 1.72 bits per heavy atom. The predicted molar refractivity (Wildman–Crippen MR) is 68.8 cm³/mol. The first kappa shape index (κ1) is 11.3. The van der Waals surface area contributed by atoms with Gasteiger partial charge in [-0.25, -0.2) is 0 Å². The summed E-state index contributed by atoms with van der Waals surface area (Å²) >= 11 is 0. The Morgan fingerprint density at radius 3 is 2.22 bits per heavy atom. The minimum Gasteiger partial charge on any atom is -0.399 e. The summed E-state index contributed by atoms with van der Waals surface area (Å²) in [4.78, 5) is 25.8. The lowest BCUT2D eigenvalue weighted by Gasteiger charge is -2.21. The van der Waals surface area contributed by atoms with Crippen molar-refractivity contribution in [2.45, 2.75) is 20.8 Å². The SMILES string of the molecule is Cc1cc(N2C(=O)C3C(C2=O)C3(C)C)ccc1N. The van der Waals surface area contributed by atoms with E-state index >= 15 is 0 Å². The first-order valence-corrected chi connectivity index (χ1v) is 6.09. The van der Waals surface area contributed by atoms with Crippen LogP contribution in [0, 0.1) is 24.2 Å². The van der Waals surface area contributed by atoms with Gasteiger partial charge in [-0.3, -0.25) is 14.5 Å². The number of carbonyl (C=O) groups is 2. The Kier molecular flexibility index (Phi) is 1.96. The summed E-state index contributed by atoms with van der Waals surface area (Å²) in [5.41, 5.74) is 7.78. The highest BCUT2D eigenvalue weighted by atomic mass is 16.2. The second kappa shape index (κ2) is 3.13. The van der Waals surface area contributed by atoms with E-state index in [0.29, 0.717) is 11.4 Å². The molecule has 2 N–H and O–H groups in total. The molecule has 4 nitrogen and oxygen atoms in total. The van der Waals surface area contributed by atoms with Gasteiger partial charge in [-0.15, -0.1) is 0 Å². The van der Waals surface area contributed by atoms with Crippen LogP contribution in [0.1, 0.15) is 19.4 Å². The minimum absolute atomic E-state index is 0.0702. The molecule has 0 bridgehead atoms. The molecule has 94 valence electrons. The van der Waals surface area contributed by atoms with E-state index < -0.39 is 0 Å². The number of nitrogens with two attached hydrogens (primary N) is 1. The zero-order valence-corrected chi connectivity index (χ0v) is 10.7. The number of fused-ring (bicyclic) bond motifs is 1. The maximum Gasteiger partial charge on any atom is 0.238 e. The quantitative estimate of drug-likeness (QED) is 0.604. The van der Waals surface area contributed by atoms with Gasteiger partial charge >= 0.3 is 0 Å². The van der Waals surface area contributed by atoms with Gasteiger partial charge in [0.15, 0.2) is 0 Å². The number of piperidine rings is 1. The molecule has 2 unspecified atom stereocenters. The van der Waals surface area contributed by atoms with Crippen LogP contribution in [0.25, 0.3) is 0 Å². The lowest BCUT2D eigenvalue weighted by molar-refractivity contribution is -0.125. The molecule has 0 radical (unpaired) electrons. The van der Waals surface area contributed by atoms with Crippen LogP contribution in [0.4, 0.5) is 11.4 Å². The zero-order valence-electron chi connectivity index (χ0n) is 10.7. The summed E-state index contributed by atoms with van der Waals surface area (Å²) in [6.45, 7) is 5.82. The molecule has 2 amide bonds. The third kappa shape index (κ3) is 1.20. The highest BCUT2D eigenvalue weighted by Gasteiger charge is 2.72. The molecule has 1 aromatic rings. The van der Waals surface area contributed by atoms with Crippen molar-refractivity contribution in [3.05, 3.63) is 23.8 Å². The summed E-state index contributed by atoms with van der Waals surface area (Å²) in [5.74, 6) is -0.413. The molecule has 4 heteroatoms. The molecule has 1 heterocycles. The number of carbonyl (C=O) groups excluding carboxylic acids is 2. The van der Waals surface area contributed by atoms with Gasteiger partial charge in [-0.2, -0.15) is 0 Å². The second-order valence-electron chi connectivity index (χ2n) is 5.83. The van der Waals surface area contributed by atoms with E-state index in [1.807, 2.05) is 20.8 Å². The smallest absolute Gasteiger partial charge is 0.238 e. The molecular formula is C14H16N2O2. The molecule has 3 rings (SSSR count). The summed E-state index contributed by atoms with van der Waals surface area (Å²) in [7, 11) is 0. The van der Waals surface area contributed by atoms with Crippen LogP contribution in [0.5, 0.6) is 0 Å². The van der Waals surface area contributed by atoms with Gasteiger partial charge in [0.2, 0.25) is 11.8 Å². The fourth-order valence-corrected chi connectivity index (χ4v) is 3.00. The van der Waals surface area contributed by atoms with E-state index in [1.54, 1.807) is 18.2 Å². The summed E-state index contributed by atoms with van der Waals surface area (Å²) < 4.78 is 0. The summed E-state index contributed by atoms with van der Waals surface area (Å²) in [6.07, 6.45) is 0. The number of benzene rings is 1. The highest BCUT2D eigenvalue weighted by molar-refractivity contribution is 6.25. The fraction of sp³-hybridized carbons (Fsp3) is 0.429. The van der Waals surface area contributed by atoms with Crippen LogP contribution in [-0.2, 0) is 9.59 Å². The molecule has 2 aliphatic rings. The van der Waals surface area contributed by atoms with E-state index in [2.05, 4.69) is 0 Å². The monoisotopic (exact) mass is 244 g/mol. The van der Waals surface area contributed by atoms with Gasteiger partial charge in [-0.05, 0) is 36.1 Å². The van der Waals surface area contributed by atoms with Crippen molar-refractivity contribution in [1.29, 1.82) is 0 Å². The third-order valence-electron chi connectivity index (χ3n) is 4.31. The number of hydrogen-bond donors (Lipinski definition) is 1. The highest BCUT2D eigenvalue weighted by Crippen LogP contribution is 2.63. The minimum atomic E-state index is -0.159. The van der Waals surface area contributed by atoms with Crippen molar-refractivity contribution < 1.29 is 9.59 Å². The normalized spacial score (nSPS) is 28.5.